The molecule has 0 radical (unpaired) electrons. The van der Waals surface area contributed by atoms with E-state index in [1.165, 1.54) is 18.5 Å². The van der Waals surface area contributed by atoms with Gasteiger partial charge in [-0.25, -0.2) is 15.0 Å². The molecule has 13 heteroatoms. The summed E-state index contributed by atoms with van der Waals surface area (Å²) in [5.74, 6) is 1.62. The van der Waals surface area contributed by atoms with Gasteiger partial charge in [0.15, 0.2) is 5.78 Å². The molecule has 3 aliphatic carbocycles. The van der Waals surface area contributed by atoms with Gasteiger partial charge in [-0.3, -0.25) is 4.79 Å². The third kappa shape index (κ3) is 8.58. The molecule has 268 valence electrons. The van der Waals surface area contributed by atoms with Crippen LogP contribution in [0.1, 0.15) is 89.8 Å². The van der Waals surface area contributed by atoms with Crippen LogP contribution in [0.4, 0.5) is 38.1 Å². The molecule has 0 unspecified atom stereocenters. The molecule has 7 nitrogen and oxygen atoms in total. The van der Waals surface area contributed by atoms with E-state index in [1.807, 2.05) is 0 Å². The van der Waals surface area contributed by atoms with E-state index in [9.17, 15) is 31.1 Å². The second-order valence-corrected chi connectivity index (χ2v) is 14.8. The Bertz CT molecular complexity index is 1700. The van der Waals surface area contributed by atoms with Gasteiger partial charge in [0.1, 0.15) is 5.82 Å². The number of halogens is 6. The number of allylic oxidation sites excluding steroid dienone is 1. The Morgan fingerprint density at radius 1 is 0.860 bits per heavy atom. The summed E-state index contributed by atoms with van der Waals surface area (Å²) in [7, 11) is 3.53. The predicted octanol–water partition coefficient (Wildman–Crippen LogP) is 8.22. The van der Waals surface area contributed by atoms with E-state index in [1.54, 1.807) is 30.1 Å². The van der Waals surface area contributed by atoms with Crippen molar-refractivity contribution in [1.82, 2.24) is 19.9 Å². The third-order valence-corrected chi connectivity index (χ3v) is 9.58. The molecule has 1 aromatic carbocycles. The van der Waals surface area contributed by atoms with Crippen molar-refractivity contribution in [3.63, 3.8) is 0 Å². The van der Waals surface area contributed by atoms with Crippen LogP contribution in [0, 0.1) is 11.8 Å². The fourth-order valence-electron chi connectivity index (χ4n) is 6.46. The van der Waals surface area contributed by atoms with Crippen molar-refractivity contribution in [2.45, 2.75) is 83.2 Å². The molecule has 3 aliphatic rings. The Labute approximate surface area is 288 Å². The first-order valence-corrected chi connectivity index (χ1v) is 17.0. The van der Waals surface area contributed by atoms with Crippen molar-refractivity contribution in [2.75, 3.05) is 37.0 Å². The monoisotopic (exact) mass is 700 g/mol. The number of ketones is 1. The number of pyridine rings is 1. The average molecular weight is 701 g/mol. The van der Waals surface area contributed by atoms with Gasteiger partial charge in [-0.15, -0.1) is 0 Å². The molecule has 0 N–H and O–H groups in total. The number of nitrogens with zero attached hydrogens (tertiary/aromatic N) is 6. The van der Waals surface area contributed by atoms with E-state index < -0.39 is 23.5 Å². The van der Waals surface area contributed by atoms with Crippen molar-refractivity contribution in [1.29, 1.82) is 0 Å². The van der Waals surface area contributed by atoms with Crippen LogP contribution in [0.25, 0.3) is 0 Å². The van der Waals surface area contributed by atoms with E-state index >= 15 is 0 Å². The van der Waals surface area contributed by atoms with Gasteiger partial charge in [-0.05, 0) is 85.8 Å². The smallest absolute Gasteiger partial charge is 0.383 e. The SMILES string of the molecule is CN(C)/C=C/C(=O)c1cnc(N(Cc2cc(C(F)(F)F)cc(C(F)(F)F)c2)Cc2cc3c(nc2N(CC2CC2)CC2CC2)C(C)(C)CC3)nc1. The first-order chi connectivity index (χ1) is 23.5. The highest BCUT2D eigenvalue weighted by Gasteiger charge is 2.38. The number of rotatable bonds is 13. The molecular weight excluding hydrogens is 658 g/mol. The second kappa shape index (κ2) is 13.5. The quantitative estimate of drug-likeness (QED) is 0.101. The fourth-order valence-corrected chi connectivity index (χ4v) is 6.46. The number of aryl methyl sites for hydroxylation is 1. The zero-order chi connectivity index (χ0) is 36.0. The number of alkyl halides is 6. The zero-order valence-corrected chi connectivity index (χ0v) is 28.7. The lowest BCUT2D eigenvalue weighted by atomic mass is 9.90. The maximum absolute atomic E-state index is 13.9. The van der Waals surface area contributed by atoms with Crippen LogP contribution < -0.4 is 9.80 Å². The Hall–Kier alpha value is -4.16. The van der Waals surface area contributed by atoms with E-state index in [0.29, 0.717) is 11.8 Å². The third-order valence-electron chi connectivity index (χ3n) is 9.58. The minimum absolute atomic E-state index is 0.0619. The maximum Gasteiger partial charge on any atom is 0.416 e. The molecule has 0 saturated heterocycles. The summed E-state index contributed by atoms with van der Waals surface area (Å²) >= 11 is 0. The van der Waals surface area contributed by atoms with Crippen molar-refractivity contribution in [3.8, 4) is 0 Å². The van der Waals surface area contributed by atoms with Gasteiger partial charge in [0.2, 0.25) is 5.95 Å². The van der Waals surface area contributed by atoms with Gasteiger partial charge in [0, 0.05) is 75.9 Å². The number of carbonyl (C=O) groups is 1. The van der Waals surface area contributed by atoms with Crippen molar-refractivity contribution in [3.05, 3.63) is 88.0 Å². The normalized spacial score (nSPS) is 17.2. The molecule has 0 aliphatic heterocycles. The van der Waals surface area contributed by atoms with Gasteiger partial charge in [-0.2, -0.15) is 26.3 Å². The molecule has 3 aromatic rings. The zero-order valence-electron chi connectivity index (χ0n) is 28.7. The lowest BCUT2D eigenvalue weighted by molar-refractivity contribution is -0.143. The minimum atomic E-state index is -4.99. The van der Waals surface area contributed by atoms with Gasteiger partial charge in [0.25, 0.3) is 0 Å². The Morgan fingerprint density at radius 3 is 1.96 bits per heavy atom. The van der Waals surface area contributed by atoms with Crippen LogP contribution in [0.3, 0.4) is 0 Å². The molecule has 6 rings (SSSR count). The van der Waals surface area contributed by atoms with Gasteiger partial charge in [0.05, 0.1) is 22.4 Å². The van der Waals surface area contributed by atoms with E-state index in [-0.39, 0.29) is 47.4 Å². The molecule has 2 saturated carbocycles. The predicted molar refractivity (Wildman–Crippen MR) is 179 cm³/mol. The Morgan fingerprint density at radius 2 is 1.44 bits per heavy atom. The highest BCUT2D eigenvalue weighted by molar-refractivity contribution is 6.04. The minimum Gasteiger partial charge on any atom is -0.383 e. The Balaban J connectivity index is 1.43. The summed E-state index contributed by atoms with van der Waals surface area (Å²) in [6.45, 7) is 5.74. The maximum atomic E-state index is 13.9. The van der Waals surface area contributed by atoms with Crippen LogP contribution in [0.2, 0.25) is 0 Å². The lowest BCUT2D eigenvalue weighted by Crippen LogP contribution is -2.33. The molecule has 50 heavy (non-hydrogen) atoms. The highest BCUT2D eigenvalue weighted by atomic mass is 19.4. The van der Waals surface area contributed by atoms with Gasteiger partial charge in [-0.1, -0.05) is 13.8 Å². The number of hydrogen-bond donors (Lipinski definition) is 0. The molecule has 0 spiro atoms. The van der Waals surface area contributed by atoms with E-state index in [4.69, 9.17) is 4.98 Å². The molecule has 2 heterocycles. The molecule has 0 bridgehead atoms. The summed E-state index contributed by atoms with van der Waals surface area (Å²) in [6.07, 6.45) is 1.87. The summed E-state index contributed by atoms with van der Waals surface area (Å²) < 4.78 is 83.2. The number of carbonyl (C=O) groups excluding carboxylic acids is 1. The van der Waals surface area contributed by atoms with Crippen LogP contribution >= 0.6 is 0 Å². The van der Waals surface area contributed by atoms with E-state index in [0.717, 1.165) is 86.4 Å². The van der Waals surface area contributed by atoms with E-state index in [2.05, 4.69) is 34.8 Å². The number of anilines is 2. The summed E-state index contributed by atoms with van der Waals surface area (Å²) in [6, 6.07) is 3.71. The summed E-state index contributed by atoms with van der Waals surface area (Å²) in [5.41, 5.74) is -0.00857. The first kappa shape index (κ1) is 35.7. The molecule has 2 fully saturated rings. The summed E-state index contributed by atoms with van der Waals surface area (Å²) in [5, 5.41) is 0. The molecule has 0 amide bonds. The fraction of sp³-hybridized carbons (Fsp3) is 0.514. The van der Waals surface area contributed by atoms with Crippen molar-refractivity contribution < 1.29 is 31.1 Å². The standard InChI is InChI=1S/C37H42F6N6O/c1-35(2)11-9-26-15-27(33(46-32(26)35)48(19-23-5-6-23)20-24-7-8-24)22-49(34-44-17-28(18-45-34)31(50)10-12-47(3)4)21-25-13-29(36(38,39)40)16-30(14-25)37(41,42)43/h10,12-18,23-24H,5-9,11,19-22H2,1-4H3/b12-10+. The van der Waals surface area contributed by atoms with Crippen molar-refractivity contribution in [2.24, 2.45) is 11.8 Å². The average Bonchev–Trinajstić information content (AvgIpc) is 3.99. The van der Waals surface area contributed by atoms with Crippen LogP contribution in [-0.2, 0) is 37.3 Å². The number of aromatic nitrogens is 3. The number of hydrogen-bond acceptors (Lipinski definition) is 7. The molecule has 0 atom stereocenters. The highest BCUT2D eigenvalue weighted by Crippen LogP contribution is 2.42. The molecular formula is C37H42F6N6O. The lowest BCUT2D eigenvalue weighted by Gasteiger charge is -2.31. The van der Waals surface area contributed by atoms with Crippen LogP contribution in [-0.4, -0.2) is 52.8 Å². The first-order valence-electron chi connectivity index (χ1n) is 17.0. The van der Waals surface area contributed by atoms with Gasteiger partial charge >= 0.3 is 12.4 Å². The van der Waals surface area contributed by atoms with Crippen LogP contribution in [0.5, 0.6) is 0 Å². The molecule has 2 aromatic heterocycles. The topological polar surface area (TPSA) is 65.5 Å². The van der Waals surface area contributed by atoms with Crippen molar-refractivity contribution >= 4 is 17.5 Å². The second-order valence-electron chi connectivity index (χ2n) is 14.8. The van der Waals surface area contributed by atoms with Crippen LogP contribution in [0.15, 0.2) is 48.9 Å². The van der Waals surface area contributed by atoms with Gasteiger partial charge < -0.3 is 14.7 Å². The largest absolute Gasteiger partial charge is 0.416 e. The number of benzene rings is 1. The number of fused-ring (bicyclic) bond motifs is 1. The Kier molecular flexibility index (Phi) is 9.64. The summed E-state index contributed by atoms with van der Waals surface area (Å²) in [4.78, 5) is 32.4.